The van der Waals surface area contributed by atoms with Gasteiger partial charge < -0.3 is 16.8 Å². The van der Waals surface area contributed by atoms with Crippen molar-refractivity contribution in [2.75, 3.05) is 13.1 Å². The Bertz CT molecular complexity index is 422. The first-order chi connectivity index (χ1) is 9.71. The number of hydrogen-bond donors (Lipinski definition) is 3. The van der Waals surface area contributed by atoms with Crippen molar-refractivity contribution in [2.24, 2.45) is 23.3 Å². The van der Waals surface area contributed by atoms with Crippen LogP contribution >= 0.6 is 11.6 Å². The highest BCUT2D eigenvalue weighted by molar-refractivity contribution is 6.30. The third-order valence-electron chi connectivity index (χ3n) is 4.24. The normalized spacial score (nSPS) is 22.9. The van der Waals surface area contributed by atoms with Gasteiger partial charge in [-0.3, -0.25) is 0 Å². The molecule has 0 aromatic heterocycles. The van der Waals surface area contributed by atoms with Crippen molar-refractivity contribution in [3.63, 3.8) is 0 Å². The molecule has 5 N–H and O–H groups in total. The summed E-state index contributed by atoms with van der Waals surface area (Å²) < 4.78 is 0. The molecule has 0 saturated heterocycles. The van der Waals surface area contributed by atoms with Crippen LogP contribution in [0.3, 0.4) is 0 Å². The van der Waals surface area contributed by atoms with Crippen LogP contribution in [0.15, 0.2) is 18.2 Å². The summed E-state index contributed by atoms with van der Waals surface area (Å²) in [6, 6.07) is 6.07. The topological polar surface area (TPSA) is 64.1 Å². The monoisotopic (exact) mass is 295 g/mol. The van der Waals surface area contributed by atoms with Gasteiger partial charge in [0.25, 0.3) is 0 Å². The summed E-state index contributed by atoms with van der Waals surface area (Å²) in [6.45, 7) is 3.30. The average molecular weight is 296 g/mol. The molecule has 112 valence electrons. The van der Waals surface area contributed by atoms with Gasteiger partial charge in [-0.05, 0) is 67.4 Å². The second-order valence-corrected chi connectivity index (χ2v) is 6.37. The Hall–Kier alpha value is -0.610. The summed E-state index contributed by atoms with van der Waals surface area (Å²) in [5, 5.41) is 4.32. The molecule has 1 aliphatic carbocycles. The second kappa shape index (κ2) is 7.99. The van der Waals surface area contributed by atoms with Gasteiger partial charge in [0.1, 0.15) is 0 Å². The third-order valence-corrected chi connectivity index (χ3v) is 4.46. The Morgan fingerprint density at radius 2 is 1.85 bits per heavy atom. The van der Waals surface area contributed by atoms with E-state index in [4.69, 9.17) is 23.1 Å². The van der Waals surface area contributed by atoms with Gasteiger partial charge in [-0.25, -0.2) is 0 Å². The molecule has 2 atom stereocenters. The quantitative estimate of drug-likeness (QED) is 0.756. The maximum absolute atomic E-state index is 6.10. The van der Waals surface area contributed by atoms with Crippen LogP contribution in [0.25, 0.3) is 0 Å². The van der Waals surface area contributed by atoms with Gasteiger partial charge in [-0.2, -0.15) is 0 Å². The molecule has 1 fully saturated rings. The van der Waals surface area contributed by atoms with E-state index in [1.807, 2.05) is 12.1 Å². The minimum absolute atomic E-state index is 0.536. The summed E-state index contributed by atoms with van der Waals surface area (Å²) in [5.74, 6) is 1.50. The van der Waals surface area contributed by atoms with Crippen molar-refractivity contribution in [3.8, 4) is 0 Å². The average Bonchev–Trinajstić information content (AvgIpc) is 2.47. The molecule has 0 amide bonds. The maximum atomic E-state index is 6.10. The number of benzene rings is 1. The lowest BCUT2D eigenvalue weighted by atomic mass is 9.81. The van der Waals surface area contributed by atoms with Crippen molar-refractivity contribution in [2.45, 2.75) is 38.8 Å². The largest absolute Gasteiger partial charge is 0.330 e. The zero-order valence-electron chi connectivity index (χ0n) is 12.1. The SMILES string of the molecule is NCc1cc(Cl)cc(CNCC2CCCC(CN)C2)c1. The predicted octanol–water partition coefficient (Wildman–Crippen LogP) is 2.65. The van der Waals surface area contributed by atoms with Crippen LogP contribution in [0.1, 0.15) is 36.8 Å². The maximum Gasteiger partial charge on any atom is 0.0412 e. The van der Waals surface area contributed by atoms with Gasteiger partial charge in [0.15, 0.2) is 0 Å². The van der Waals surface area contributed by atoms with Gasteiger partial charge in [0.05, 0.1) is 0 Å². The smallest absolute Gasteiger partial charge is 0.0412 e. The van der Waals surface area contributed by atoms with E-state index in [1.165, 1.54) is 31.2 Å². The van der Waals surface area contributed by atoms with Crippen LogP contribution in [0.4, 0.5) is 0 Å². The molecule has 0 aliphatic heterocycles. The van der Waals surface area contributed by atoms with Crippen molar-refractivity contribution in [1.29, 1.82) is 0 Å². The van der Waals surface area contributed by atoms with Crippen molar-refractivity contribution < 1.29 is 0 Å². The molecule has 0 bridgehead atoms. The lowest BCUT2D eigenvalue weighted by molar-refractivity contribution is 0.264. The highest BCUT2D eigenvalue weighted by Gasteiger charge is 2.20. The summed E-state index contributed by atoms with van der Waals surface area (Å²) in [7, 11) is 0. The fourth-order valence-electron chi connectivity index (χ4n) is 3.16. The summed E-state index contributed by atoms with van der Waals surface area (Å²) in [6.07, 6.45) is 5.23. The van der Waals surface area contributed by atoms with Crippen molar-refractivity contribution in [1.82, 2.24) is 5.32 Å². The molecule has 1 aliphatic rings. The summed E-state index contributed by atoms with van der Waals surface area (Å²) in [5.41, 5.74) is 13.8. The molecule has 3 nitrogen and oxygen atoms in total. The third kappa shape index (κ3) is 4.74. The Kier molecular flexibility index (Phi) is 6.30. The standard InChI is InChI=1S/C16H26ClN3/c17-16-6-14(9-19)5-15(7-16)11-20-10-13-3-1-2-12(4-13)8-18/h5-7,12-13,20H,1-4,8-11,18-19H2. The van der Waals surface area contributed by atoms with Gasteiger partial charge in [0.2, 0.25) is 0 Å². The molecule has 1 aromatic carbocycles. The highest BCUT2D eigenvalue weighted by atomic mass is 35.5. The molecule has 1 aromatic rings. The molecule has 0 heterocycles. The molecule has 4 heteroatoms. The first kappa shape index (κ1) is 15.8. The highest BCUT2D eigenvalue weighted by Crippen LogP contribution is 2.27. The fourth-order valence-corrected chi connectivity index (χ4v) is 3.44. The molecular weight excluding hydrogens is 270 g/mol. The van der Waals surface area contributed by atoms with E-state index in [0.29, 0.717) is 6.54 Å². The molecule has 2 unspecified atom stereocenters. The van der Waals surface area contributed by atoms with E-state index in [0.717, 1.165) is 42.1 Å². The minimum Gasteiger partial charge on any atom is -0.330 e. The summed E-state index contributed by atoms with van der Waals surface area (Å²) >= 11 is 6.10. The van der Waals surface area contributed by atoms with Gasteiger partial charge in [-0.15, -0.1) is 0 Å². The minimum atomic E-state index is 0.536. The molecule has 0 spiro atoms. The van der Waals surface area contributed by atoms with Crippen molar-refractivity contribution >= 4 is 11.6 Å². The second-order valence-electron chi connectivity index (χ2n) is 5.94. The first-order valence-electron chi connectivity index (χ1n) is 7.60. The fraction of sp³-hybridized carbons (Fsp3) is 0.625. The molecule has 0 radical (unpaired) electrons. The van der Waals surface area contributed by atoms with Crippen LogP contribution in [-0.4, -0.2) is 13.1 Å². The Morgan fingerprint density at radius 3 is 2.60 bits per heavy atom. The summed E-state index contributed by atoms with van der Waals surface area (Å²) in [4.78, 5) is 0. The molecular formula is C16H26ClN3. The molecule has 20 heavy (non-hydrogen) atoms. The van der Waals surface area contributed by atoms with Crippen LogP contribution in [0.2, 0.25) is 5.02 Å². The van der Waals surface area contributed by atoms with Crippen LogP contribution in [0, 0.1) is 11.8 Å². The number of nitrogens with two attached hydrogens (primary N) is 2. The van der Waals surface area contributed by atoms with Gasteiger partial charge >= 0.3 is 0 Å². The van der Waals surface area contributed by atoms with Crippen LogP contribution in [-0.2, 0) is 13.1 Å². The lowest BCUT2D eigenvalue weighted by Gasteiger charge is -2.28. The van der Waals surface area contributed by atoms with Gasteiger partial charge in [-0.1, -0.05) is 24.1 Å². The molecule has 2 rings (SSSR count). The van der Waals surface area contributed by atoms with E-state index in [1.54, 1.807) is 0 Å². The number of rotatable bonds is 6. The van der Waals surface area contributed by atoms with E-state index < -0.39 is 0 Å². The Morgan fingerprint density at radius 1 is 1.10 bits per heavy atom. The van der Waals surface area contributed by atoms with E-state index >= 15 is 0 Å². The number of hydrogen-bond acceptors (Lipinski definition) is 3. The van der Waals surface area contributed by atoms with Crippen molar-refractivity contribution in [3.05, 3.63) is 34.3 Å². The predicted molar refractivity (Wildman–Crippen MR) is 85.6 cm³/mol. The zero-order valence-corrected chi connectivity index (χ0v) is 12.8. The van der Waals surface area contributed by atoms with Gasteiger partial charge in [0, 0.05) is 18.1 Å². The van der Waals surface area contributed by atoms with E-state index in [-0.39, 0.29) is 0 Å². The van der Waals surface area contributed by atoms with Crippen LogP contribution < -0.4 is 16.8 Å². The van der Waals surface area contributed by atoms with E-state index in [2.05, 4.69) is 11.4 Å². The zero-order chi connectivity index (χ0) is 14.4. The van der Waals surface area contributed by atoms with Crippen LogP contribution in [0.5, 0.6) is 0 Å². The van der Waals surface area contributed by atoms with E-state index in [9.17, 15) is 0 Å². The first-order valence-corrected chi connectivity index (χ1v) is 7.98. The molecule has 1 saturated carbocycles. The lowest BCUT2D eigenvalue weighted by Crippen LogP contribution is -2.29. The Balaban J connectivity index is 1.79. The number of halogens is 1. The Labute approximate surface area is 127 Å². The number of nitrogens with one attached hydrogen (secondary N) is 1.